The number of hydrogen-bond acceptors (Lipinski definition) is 4. The van der Waals surface area contributed by atoms with Crippen LogP contribution in [0.2, 0.25) is 0 Å². The van der Waals surface area contributed by atoms with Crippen molar-refractivity contribution in [2.45, 2.75) is 58.9 Å². The predicted molar refractivity (Wildman–Crippen MR) is 137 cm³/mol. The summed E-state index contributed by atoms with van der Waals surface area (Å²) in [6, 6.07) is 16.3. The number of fused-ring (bicyclic) bond motifs is 1. The van der Waals surface area contributed by atoms with Crippen molar-refractivity contribution in [1.82, 2.24) is 4.90 Å². The molecule has 2 aliphatic heterocycles. The normalized spacial score (nSPS) is 22.0. The average molecular weight is 458 g/mol. The number of carbonyl (C=O) groups is 2. The Morgan fingerprint density at radius 3 is 2.44 bits per heavy atom. The highest BCUT2D eigenvalue weighted by molar-refractivity contribution is 6.01. The highest BCUT2D eigenvalue weighted by Gasteiger charge is 2.42. The Morgan fingerprint density at radius 2 is 1.71 bits per heavy atom. The van der Waals surface area contributed by atoms with Gasteiger partial charge in [0.25, 0.3) is 0 Å². The van der Waals surface area contributed by atoms with E-state index in [1.54, 1.807) is 0 Å². The zero-order valence-corrected chi connectivity index (χ0v) is 20.6. The molecule has 1 atom stereocenters. The average Bonchev–Trinajstić information content (AvgIpc) is 2.94. The van der Waals surface area contributed by atoms with Gasteiger partial charge in [0.1, 0.15) is 0 Å². The van der Waals surface area contributed by atoms with Crippen LogP contribution in [-0.4, -0.2) is 36.2 Å². The van der Waals surface area contributed by atoms with E-state index < -0.39 is 0 Å². The fourth-order valence-electron chi connectivity index (χ4n) is 5.71. The van der Waals surface area contributed by atoms with Crippen LogP contribution in [0.3, 0.4) is 0 Å². The Hall–Kier alpha value is -3.08. The summed E-state index contributed by atoms with van der Waals surface area (Å²) in [5.41, 5.74) is 5.86. The number of hydrogen-bond donors (Lipinski definition) is 1. The molecule has 5 nitrogen and oxygen atoms in total. The number of ketones is 1. The van der Waals surface area contributed by atoms with Crippen LogP contribution < -0.4 is 10.2 Å². The second kappa shape index (κ2) is 8.94. The number of carbonyl (C=O) groups excluding carboxylic acids is 2. The molecule has 2 aromatic carbocycles. The molecule has 178 valence electrons. The van der Waals surface area contributed by atoms with Crippen molar-refractivity contribution in [3.8, 4) is 0 Å². The number of anilines is 2. The largest absolute Gasteiger partial charge is 0.357 e. The minimum absolute atomic E-state index is 0.103. The first kappa shape index (κ1) is 22.7. The van der Waals surface area contributed by atoms with Crippen molar-refractivity contribution in [2.24, 2.45) is 5.41 Å². The summed E-state index contributed by atoms with van der Waals surface area (Å²) in [7, 11) is 0. The third-order valence-electron chi connectivity index (χ3n) is 7.41. The van der Waals surface area contributed by atoms with E-state index in [-0.39, 0.29) is 29.7 Å². The lowest BCUT2D eigenvalue weighted by atomic mass is 9.73. The number of nitrogens with one attached hydrogen (secondary N) is 1. The van der Waals surface area contributed by atoms with E-state index in [4.69, 9.17) is 0 Å². The van der Waals surface area contributed by atoms with Crippen LogP contribution in [-0.2, 0) is 9.59 Å². The molecule has 0 radical (unpaired) electrons. The number of nitrogens with zero attached hydrogens (tertiary/aromatic N) is 2. The third-order valence-corrected chi connectivity index (χ3v) is 7.41. The molecule has 1 N–H and O–H groups in total. The van der Waals surface area contributed by atoms with E-state index in [0.29, 0.717) is 6.42 Å². The number of Topliss-reactive ketones (excluding diaryl/α,β-unsaturated/α-hetero) is 1. The second-order valence-corrected chi connectivity index (χ2v) is 10.9. The quantitative estimate of drug-likeness (QED) is 0.650. The second-order valence-electron chi connectivity index (χ2n) is 10.9. The molecule has 2 aromatic rings. The number of amides is 1. The van der Waals surface area contributed by atoms with Gasteiger partial charge >= 0.3 is 0 Å². The van der Waals surface area contributed by atoms with E-state index in [2.05, 4.69) is 67.4 Å². The van der Waals surface area contributed by atoms with Gasteiger partial charge in [0.15, 0.2) is 5.78 Å². The van der Waals surface area contributed by atoms with Crippen LogP contribution in [0.5, 0.6) is 0 Å². The van der Waals surface area contributed by atoms with E-state index in [1.165, 1.54) is 12.0 Å². The molecule has 1 fully saturated rings. The van der Waals surface area contributed by atoms with Crippen molar-refractivity contribution in [3.63, 3.8) is 0 Å². The number of aryl methyl sites for hydroxylation is 1. The Balaban J connectivity index is 1.66. The minimum Gasteiger partial charge on any atom is -0.357 e. The van der Waals surface area contributed by atoms with Crippen molar-refractivity contribution in [2.75, 3.05) is 29.9 Å². The first-order chi connectivity index (χ1) is 16.3. The van der Waals surface area contributed by atoms with Crippen LogP contribution >= 0.6 is 0 Å². The first-order valence-corrected chi connectivity index (χ1v) is 12.6. The molecule has 5 rings (SSSR count). The summed E-state index contributed by atoms with van der Waals surface area (Å²) < 4.78 is 0. The number of rotatable bonds is 3. The summed E-state index contributed by atoms with van der Waals surface area (Å²) >= 11 is 0. The fraction of sp³-hybridized carbons (Fsp3) is 0.448. The summed E-state index contributed by atoms with van der Waals surface area (Å²) in [6.45, 7) is 8.29. The van der Waals surface area contributed by atoms with Gasteiger partial charge in [-0.3, -0.25) is 9.59 Å². The lowest BCUT2D eigenvalue weighted by molar-refractivity contribution is -0.130. The molecule has 0 saturated carbocycles. The molecule has 0 aromatic heterocycles. The molecular weight excluding hydrogens is 422 g/mol. The van der Waals surface area contributed by atoms with E-state index in [9.17, 15) is 9.59 Å². The van der Waals surface area contributed by atoms with Gasteiger partial charge in [0.2, 0.25) is 5.91 Å². The molecule has 1 amide bonds. The van der Waals surface area contributed by atoms with E-state index in [0.717, 1.165) is 60.6 Å². The highest BCUT2D eigenvalue weighted by Crippen LogP contribution is 2.48. The van der Waals surface area contributed by atoms with Crippen LogP contribution in [0.15, 0.2) is 59.8 Å². The highest BCUT2D eigenvalue weighted by atomic mass is 16.2. The smallest absolute Gasteiger partial charge is 0.242 e. The van der Waals surface area contributed by atoms with Crippen molar-refractivity contribution >= 4 is 23.1 Å². The Kier molecular flexibility index (Phi) is 5.97. The zero-order chi connectivity index (χ0) is 23.9. The van der Waals surface area contributed by atoms with E-state index >= 15 is 0 Å². The molecule has 0 unspecified atom stereocenters. The summed E-state index contributed by atoms with van der Waals surface area (Å²) in [6.07, 6.45) is 4.63. The molecule has 34 heavy (non-hydrogen) atoms. The lowest BCUT2D eigenvalue weighted by Gasteiger charge is -2.39. The van der Waals surface area contributed by atoms with Gasteiger partial charge in [-0.05, 0) is 55.7 Å². The van der Waals surface area contributed by atoms with Gasteiger partial charge in [-0.15, -0.1) is 0 Å². The molecule has 1 aliphatic carbocycles. The Bertz CT molecular complexity index is 1130. The first-order valence-electron chi connectivity index (χ1n) is 12.6. The summed E-state index contributed by atoms with van der Waals surface area (Å²) in [4.78, 5) is 31.4. The molecule has 3 aliphatic rings. The number of likely N-dealkylation sites (tertiary alicyclic amines) is 1. The van der Waals surface area contributed by atoms with Gasteiger partial charge in [-0.1, -0.05) is 55.8 Å². The van der Waals surface area contributed by atoms with Gasteiger partial charge in [0, 0.05) is 30.8 Å². The molecule has 0 bridgehead atoms. The van der Waals surface area contributed by atoms with Crippen molar-refractivity contribution < 1.29 is 9.59 Å². The monoisotopic (exact) mass is 457 g/mol. The van der Waals surface area contributed by atoms with Crippen LogP contribution in [0.4, 0.5) is 11.4 Å². The van der Waals surface area contributed by atoms with Gasteiger partial charge in [-0.2, -0.15) is 0 Å². The van der Waals surface area contributed by atoms with E-state index in [1.807, 2.05) is 17.0 Å². The van der Waals surface area contributed by atoms with Gasteiger partial charge in [-0.25, -0.2) is 0 Å². The van der Waals surface area contributed by atoms with Gasteiger partial charge in [0.05, 0.1) is 24.0 Å². The van der Waals surface area contributed by atoms with Crippen molar-refractivity contribution in [1.29, 1.82) is 0 Å². The predicted octanol–water partition coefficient (Wildman–Crippen LogP) is 5.62. The minimum atomic E-state index is -0.302. The molecule has 2 heterocycles. The molecular formula is C29H35N3O2. The number of benzene rings is 2. The van der Waals surface area contributed by atoms with Crippen LogP contribution in [0.25, 0.3) is 0 Å². The maximum Gasteiger partial charge on any atom is 0.242 e. The van der Waals surface area contributed by atoms with Crippen molar-refractivity contribution in [3.05, 3.63) is 70.9 Å². The lowest BCUT2D eigenvalue weighted by Crippen LogP contribution is -2.45. The Labute approximate surface area is 202 Å². The third kappa shape index (κ3) is 4.36. The summed E-state index contributed by atoms with van der Waals surface area (Å²) in [5.74, 6) is 0.312. The number of piperidine rings is 1. The maximum absolute atomic E-state index is 13.7. The zero-order valence-electron chi connectivity index (χ0n) is 20.6. The SMILES string of the molecule is Cc1ccc([C@@H]2C3=C(CC(C)(C)CC3=O)Nc3ccccc3N2CC(=O)N2CCCCC2)cc1. The maximum atomic E-state index is 13.7. The fourth-order valence-corrected chi connectivity index (χ4v) is 5.71. The Morgan fingerprint density at radius 1 is 1.00 bits per heavy atom. The standard InChI is InChI=1S/C29H35N3O2/c1-20-11-13-21(14-12-20)28-27-23(17-29(2,3)18-25(27)33)30-22-9-5-6-10-24(22)32(28)19-26(34)31-15-7-4-8-16-31/h5-6,9-14,28,30H,4,7-8,15-19H2,1-3H3/t28-/m1/s1. The number of para-hydroxylation sites is 2. The molecule has 1 saturated heterocycles. The molecule has 0 spiro atoms. The number of allylic oxidation sites excluding steroid dienone is 1. The summed E-state index contributed by atoms with van der Waals surface area (Å²) in [5, 5.41) is 3.63. The van der Waals surface area contributed by atoms with Gasteiger partial charge < -0.3 is 15.1 Å². The topological polar surface area (TPSA) is 52.7 Å². The van der Waals surface area contributed by atoms with Crippen LogP contribution in [0.1, 0.15) is 63.1 Å². The van der Waals surface area contributed by atoms with Crippen LogP contribution in [0, 0.1) is 12.3 Å². The molecule has 5 heteroatoms.